The summed E-state index contributed by atoms with van der Waals surface area (Å²) >= 11 is 1.52. The van der Waals surface area contributed by atoms with Crippen molar-refractivity contribution in [2.45, 2.75) is 55.8 Å². The maximum absolute atomic E-state index is 12.8. The second-order valence-corrected chi connectivity index (χ2v) is 7.80. The van der Waals surface area contributed by atoms with Crippen molar-refractivity contribution >= 4 is 17.7 Å². The minimum atomic E-state index is -0.162. The van der Waals surface area contributed by atoms with Gasteiger partial charge < -0.3 is 15.6 Å². The highest BCUT2D eigenvalue weighted by Crippen LogP contribution is 2.31. The zero-order valence-electron chi connectivity index (χ0n) is 14.1. The predicted octanol–water partition coefficient (Wildman–Crippen LogP) is 0.510. The van der Waals surface area contributed by atoms with E-state index in [4.69, 9.17) is 5.73 Å². The lowest BCUT2D eigenvalue weighted by Gasteiger charge is -2.34. The van der Waals surface area contributed by atoms with Crippen LogP contribution in [0, 0.1) is 6.92 Å². The number of aryl methyl sites for hydroxylation is 1. The van der Waals surface area contributed by atoms with Gasteiger partial charge in [0.15, 0.2) is 0 Å². The maximum atomic E-state index is 12.8. The fourth-order valence-corrected chi connectivity index (χ4v) is 4.84. The van der Waals surface area contributed by atoms with E-state index in [0.717, 1.165) is 25.0 Å². The molecule has 3 atom stereocenters. The van der Waals surface area contributed by atoms with Crippen LogP contribution in [0.25, 0.3) is 0 Å². The van der Waals surface area contributed by atoms with E-state index in [1.807, 2.05) is 4.90 Å². The number of likely N-dealkylation sites (tertiary alicyclic amines) is 1. The highest BCUT2D eigenvalue weighted by atomic mass is 32.2. The highest BCUT2D eigenvalue weighted by molar-refractivity contribution is 8.01. The van der Waals surface area contributed by atoms with Crippen LogP contribution in [0.4, 0.5) is 0 Å². The Labute approximate surface area is 145 Å². The number of carbonyl (C=O) groups is 1. The molecule has 8 heteroatoms. The van der Waals surface area contributed by atoms with E-state index < -0.39 is 0 Å². The van der Waals surface area contributed by atoms with Crippen LogP contribution in [-0.2, 0) is 4.79 Å². The molecule has 1 aromatic heterocycles. The fourth-order valence-electron chi connectivity index (χ4n) is 3.54. The summed E-state index contributed by atoms with van der Waals surface area (Å²) in [7, 11) is 0. The minimum absolute atomic E-state index is 0.0958. The van der Waals surface area contributed by atoms with Crippen LogP contribution in [0.5, 0.6) is 0 Å². The van der Waals surface area contributed by atoms with Gasteiger partial charge in [-0.25, -0.2) is 4.98 Å². The quantitative estimate of drug-likeness (QED) is 0.733. The number of nitrogens with one attached hydrogen (secondary N) is 2. The first-order valence-corrected chi connectivity index (χ1v) is 9.46. The third-order valence-corrected chi connectivity index (χ3v) is 6.08. The molecule has 7 nitrogen and oxygen atoms in total. The van der Waals surface area contributed by atoms with E-state index in [9.17, 15) is 9.59 Å². The fraction of sp³-hybridized carbons (Fsp3) is 0.688. The second kappa shape index (κ2) is 7.25. The molecule has 3 unspecified atom stereocenters. The van der Waals surface area contributed by atoms with Gasteiger partial charge in [0.25, 0.3) is 5.56 Å². The van der Waals surface area contributed by atoms with Gasteiger partial charge in [-0.05, 0) is 26.2 Å². The van der Waals surface area contributed by atoms with Gasteiger partial charge in [-0.3, -0.25) is 14.9 Å². The van der Waals surface area contributed by atoms with E-state index >= 15 is 0 Å². The molecule has 1 amide bonds. The normalized spacial score (nSPS) is 28.3. The van der Waals surface area contributed by atoms with Gasteiger partial charge in [-0.15, -0.1) is 11.8 Å². The van der Waals surface area contributed by atoms with Gasteiger partial charge in [0.2, 0.25) is 5.91 Å². The average Bonchev–Trinajstić information content (AvgIpc) is 2.94. The van der Waals surface area contributed by atoms with Gasteiger partial charge in [0.05, 0.1) is 5.69 Å². The summed E-state index contributed by atoms with van der Waals surface area (Å²) in [6.07, 6.45) is 2.58. The first-order chi connectivity index (χ1) is 11.5. The number of nitrogens with two attached hydrogens (primary N) is 1. The number of carbonyl (C=O) groups excluding carboxylic acids is 1. The van der Waals surface area contributed by atoms with E-state index in [1.165, 1.54) is 11.8 Å². The number of nitrogens with zero attached hydrogens (tertiary/aromatic N) is 2. The Morgan fingerprint density at radius 1 is 1.46 bits per heavy atom. The molecule has 24 heavy (non-hydrogen) atoms. The van der Waals surface area contributed by atoms with Gasteiger partial charge in [0, 0.05) is 31.1 Å². The van der Waals surface area contributed by atoms with Crippen LogP contribution >= 0.6 is 11.8 Å². The summed E-state index contributed by atoms with van der Waals surface area (Å²) in [5, 5.41) is 3.17. The van der Waals surface area contributed by atoms with E-state index in [2.05, 4.69) is 22.2 Å². The number of piperidine rings is 1. The first-order valence-electron chi connectivity index (χ1n) is 8.51. The summed E-state index contributed by atoms with van der Waals surface area (Å²) in [6.45, 7) is 5.28. The molecule has 3 heterocycles. The second-order valence-electron chi connectivity index (χ2n) is 6.51. The molecule has 0 aliphatic carbocycles. The van der Waals surface area contributed by atoms with E-state index in [0.29, 0.717) is 18.9 Å². The molecule has 2 aliphatic heterocycles. The molecule has 3 rings (SSSR count). The van der Waals surface area contributed by atoms with Crippen molar-refractivity contribution in [1.29, 1.82) is 0 Å². The number of amides is 1. The van der Waals surface area contributed by atoms with Crippen molar-refractivity contribution in [3.8, 4) is 0 Å². The lowest BCUT2D eigenvalue weighted by atomic mass is 9.93. The van der Waals surface area contributed by atoms with Crippen molar-refractivity contribution in [1.82, 2.24) is 20.2 Å². The predicted molar refractivity (Wildman–Crippen MR) is 94.7 cm³/mol. The minimum Gasteiger partial charge on any atom is -0.342 e. The molecule has 0 aromatic carbocycles. The summed E-state index contributed by atoms with van der Waals surface area (Å²) in [5.41, 5.74) is 6.50. The molecule has 0 spiro atoms. The zero-order valence-corrected chi connectivity index (χ0v) is 14.9. The highest BCUT2D eigenvalue weighted by Gasteiger charge is 2.39. The molecule has 1 aromatic rings. The third-order valence-electron chi connectivity index (χ3n) is 4.83. The van der Waals surface area contributed by atoms with Crippen LogP contribution in [0.2, 0.25) is 0 Å². The van der Waals surface area contributed by atoms with Gasteiger partial charge in [0.1, 0.15) is 16.6 Å². The molecular formula is C16H25N5O2S. The van der Waals surface area contributed by atoms with Crippen molar-refractivity contribution in [3.05, 3.63) is 27.9 Å². The van der Waals surface area contributed by atoms with Gasteiger partial charge >= 0.3 is 0 Å². The lowest BCUT2D eigenvalue weighted by Crippen LogP contribution is -2.47. The Morgan fingerprint density at radius 2 is 2.17 bits per heavy atom. The monoisotopic (exact) mass is 351 g/mol. The summed E-state index contributed by atoms with van der Waals surface area (Å²) in [6, 6.07) is 1.73. The Hall–Kier alpha value is -1.38. The summed E-state index contributed by atoms with van der Waals surface area (Å²) < 4.78 is 0. The smallest absolute Gasteiger partial charge is 0.251 e. The molecule has 2 aliphatic rings. The largest absolute Gasteiger partial charge is 0.342 e. The number of hydrogen-bond donors (Lipinski definition) is 3. The number of hydrogen-bond acceptors (Lipinski definition) is 6. The molecule has 0 saturated carbocycles. The lowest BCUT2D eigenvalue weighted by molar-refractivity contribution is -0.132. The third kappa shape index (κ3) is 3.65. The van der Waals surface area contributed by atoms with Crippen LogP contribution in [0.1, 0.15) is 43.6 Å². The van der Waals surface area contributed by atoms with E-state index in [-0.39, 0.29) is 34.2 Å². The zero-order chi connectivity index (χ0) is 17.3. The standard InChI is InChI=1S/C16H25N5O2S/c1-3-11-14(24-16(17)20-11)15(23)21-6-4-10(5-7-21)12-8-13(22)19-9(2)18-12/h8,10-11,14,16,20H,3-7,17H2,1-2H3,(H,18,19,22). The SMILES string of the molecule is CCC1NC(N)SC1C(=O)N1CCC(c2cc(=O)[nH]c(C)n2)CC1. The Morgan fingerprint density at radius 3 is 2.79 bits per heavy atom. The van der Waals surface area contributed by atoms with Crippen LogP contribution in [-0.4, -0.2) is 50.7 Å². The average molecular weight is 351 g/mol. The first kappa shape index (κ1) is 17.4. The van der Waals surface area contributed by atoms with Crippen LogP contribution in [0.3, 0.4) is 0 Å². The molecule has 2 fully saturated rings. The Bertz CT molecular complexity index is 656. The van der Waals surface area contributed by atoms with Crippen molar-refractivity contribution in [2.24, 2.45) is 5.73 Å². The van der Waals surface area contributed by atoms with Gasteiger partial charge in [-0.1, -0.05) is 6.92 Å². The Balaban J connectivity index is 1.62. The van der Waals surface area contributed by atoms with Crippen molar-refractivity contribution in [2.75, 3.05) is 13.1 Å². The topological polar surface area (TPSA) is 104 Å². The maximum Gasteiger partial charge on any atom is 0.251 e. The molecule has 0 bridgehead atoms. The number of H-pyrrole nitrogens is 1. The Kier molecular flexibility index (Phi) is 5.27. The van der Waals surface area contributed by atoms with Crippen molar-refractivity contribution in [3.63, 3.8) is 0 Å². The van der Waals surface area contributed by atoms with Crippen LogP contribution < -0.4 is 16.6 Å². The molecular weight excluding hydrogens is 326 g/mol. The molecule has 2 saturated heterocycles. The van der Waals surface area contributed by atoms with E-state index in [1.54, 1.807) is 13.0 Å². The van der Waals surface area contributed by atoms with Crippen molar-refractivity contribution < 1.29 is 4.79 Å². The van der Waals surface area contributed by atoms with Gasteiger partial charge in [-0.2, -0.15) is 0 Å². The number of rotatable bonds is 3. The number of thioether (sulfide) groups is 1. The number of aromatic nitrogens is 2. The number of aromatic amines is 1. The molecule has 4 N–H and O–H groups in total. The summed E-state index contributed by atoms with van der Waals surface area (Å²) in [4.78, 5) is 33.5. The molecule has 0 radical (unpaired) electrons. The molecule has 132 valence electrons. The summed E-state index contributed by atoms with van der Waals surface area (Å²) in [5.74, 6) is 1.07. The van der Waals surface area contributed by atoms with Crippen LogP contribution in [0.15, 0.2) is 10.9 Å².